The molecule has 2 N–H and O–H groups in total. The minimum absolute atomic E-state index is 0.0101. The number of alkyl halides is 3. The Balaban J connectivity index is 1.67. The van der Waals surface area contributed by atoms with Gasteiger partial charge in [0.1, 0.15) is 0 Å². The van der Waals surface area contributed by atoms with Crippen LogP contribution in [-0.4, -0.2) is 26.1 Å². The van der Waals surface area contributed by atoms with Crippen LogP contribution in [0.4, 0.5) is 13.2 Å². The second-order valence-corrected chi connectivity index (χ2v) is 7.56. The first-order valence-corrected chi connectivity index (χ1v) is 9.93. The quantitative estimate of drug-likeness (QED) is 0.365. The topological polar surface area (TPSA) is 92.7 Å². The number of nitrogens with one attached hydrogen (secondary N) is 2. The van der Waals surface area contributed by atoms with Crippen LogP contribution in [-0.2, 0) is 19.3 Å². The summed E-state index contributed by atoms with van der Waals surface area (Å²) in [7, 11) is 0. The van der Waals surface area contributed by atoms with Crippen molar-refractivity contribution in [1.82, 2.24) is 24.8 Å². The van der Waals surface area contributed by atoms with Gasteiger partial charge in [-0.2, -0.15) is 18.2 Å². The summed E-state index contributed by atoms with van der Waals surface area (Å²) in [5, 5.41) is 3.01. The summed E-state index contributed by atoms with van der Waals surface area (Å²) < 4.78 is 41.3. The van der Waals surface area contributed by atoms with Crippen molar-refractivity contribution >= 4 is 11.0 Å². The lowest BCUT2D eigenvalue weighted by Gasteiger charge is -2.18. The highest BCUT2D eigenvalue weighted by molar-refractivity contribution is 5.81. The lowest BCUT2D eigenvalue weighted by molar-refractivity contribution is -0.138. The van der Waals surface area contributed by atoms with Gasteiger partial charge in [0.2, 0.25) is 0 Å². The fourth-order valence-electron chi connectivity index (χ4n) is 3.64. The van der Waals surface area contributed by atoms with E-state index in [1.54, 1.807) is 10.6 Å². The van der Waals surface area contributed by atoms with Gasteiger partial charge >= 0.3 is 11.9 Å². The first-order valence-electron chi connectivity index (χ1n) is 9.93. The van der Waals surface area contributed by atoms with Crippen molar-refractivity contribution in [2.75, 3.05) is 6.54 Å². The molecular formula is C22H20F3N5O2. The molecule has 7 nitrogen and oxygen atoms in total. The van der Waals surface area contributed by atoms with Gasteiger partial charge in [-0.25, -0.2) is 9.78 Å². The number of hydrogen-bond acceptors (Lipinski definition) is 5. The van der Waals surface area contributed by atoms with Crippen molar-refractivity contribution in [1.29, 1.82) is 0 Å². The summed E-state index contributed by atoms with van der Waals surface area (Å²) in [6, 6.07) is 9.12. The Labute approximate surface area is 180 Å². The number of nitrogens with zero attached hydrogens (tertiary/aromatic N) is 3. The molecule has 2 aromatic rings. The van der Waals surface area contributed by atoms with Gasteiger partial charge in [-0.3, -0.25) is 9.78 Å². The van der Waals surface area contributed by atoms with Crippen molar-refractivity contribution < 1.29 is 13.2 Å². The van der Waals surface area contributed by atoms with Gasteiger partial charge in [-0.05, 0) is 48.7 Å². The number of aromatic amines is 1. The van der Waals surface area contributed by atoms with E-state index in [4.69, 9.17) is 0 Å². The first kappa shape index (κ1) is 21.7. The van der Waals surface area contributed by atoms with Gasteiger partial charge in [0.15, 0.2) is 11.5 Å². The van der Waals surface area contributed by atoms with E-state index < -0.39 is 23.0 Å². The minimum atomic E-state index is -4.44. The molecule has 10 heteroatoms. The maximum absolute atomic E-state index is 13.2. The van der Waals surface area contributed by atoms with Gasteiger partial charge < -0.3 is 9.88 Å². The molecule has 32 heavy (non-hydrogen) atoms. The van der Waals surface area contributed by atoms with E-state index in [2.05, 4.69) is 20.3 Å². The van der Waals surface area contributed by atoms with Crippen molar-refractivity contribution in [2.24, 2.45) is 0 Å². The number of H-pyrrole nitrogens is 1. The van der Waals surface area contributed by atoms with Gasteiger partial charge in [-0.15, -0.1) is 0 Å². The molecule has 0 bridgehead atoms. The number of fused-ring (bicyclic) bond motifs is 2. The molecule has 0 radical (unpaired) electrons. The third-order valence-corrected chi connectivity index (χ3v) is 5.37. The van der Waals surface area contributed by atoms with Crippen molar-refractivity contribution in [3.05, 3.63) is 79.5 Å². The van der Waals surface area contributed by atoms with E-state index in [9.17, 15) is 22.8 Å². The number of benzene rings is 2. The zero-order chi connectivity index (χ0) is 23.0. The lowest BCUT2D eigenvalue weighted by Crippen LogP contribution is -2.30. The SMILES string of the molecule is Cc1cc2nc3c(=O)[nH]c(=O)nc-3n(CCNCc3ccccc3C(F)(F)F)c2cc1C. The highest BCUT2D eigenvalue weighted by Gasteiger charge is 2.32. The standard InChI is InChI=1S/C22H20F3N5O2/c1-12-9-16-17(10-13(12)2)30(19-18(27-16)20(31)29-21(32)28-19)8-7-26-11-14-5-3-4-6-15(14)22(23,24)25/h3-6,9-10,26H,7-8,11H2,1-2H3,(H,29,31,32). The zero-order valence-corrected chi connectivity index (χ0v) is 17.4. The summed E-state index contributed by atoms with van der Waals surface area (Å²) in [6.07, 6.45) is -4.44. The Bertz CT molecular complexity index is 1390. The Morgan fingerprint density at radius 1 is 1.06 bits per heavy atom. The summed E-state index contributed by atoms with van der Waals surface area (Å²) in [5.41, 5.74) is 1.28. The number of aromatic nitrogens is 4. The van der Waals surface area contributed by atoms with Gasteiger partial charge in [0.25, 0.3) is 5.56 Å². The number of aryl methyl sites for hydroxylation is 2. The molecule has 0 aromatic heterocycles. The molecular weight excluding hydrogens is 423 g/mol. The predicted octanol–water partition coefficient (Wildman–Crippen LogP) is 3.01. The summed E-state index contributed by atoms with van der Waals surface area (Å²) in [4.78, 5) is 34.6. The molecule has 0 atom stereocenters. The highest BCUT2D eigenvalue weighted by atomic mass is 19.4. The molecule has 2 aromatic carbocycles. The van der Waals surface area contributed by atoms with Crippen LogP contribution in [0, 0.1) is 13.8 Å². The smallest absolute Gasteiger partial charge is 0.321 e. The highest BCUT2D eigenvalue weighted by Crippen LogP contribution is 2.31. The number of rotatable bonds is 5. The number of halogens is 3. The molecule has 2 aliphatic rings. The van der Waals surface area contributed by atoms with Crippen LogP contribution in [0.3, 0.4) is 0 Å². The summed E-state index contributed by atoms with van der Waals surface area (Å²) in [6.45, 7) is 4.41. The molecule has 0 spiro atoms. The van der Waals surface area contributed by atoms with Crippen LogP contribution in [0.1, 0.15) is 22.3 Å². The van der Waals surface area contributed by atoms with Crippen LogP contribution in [0.2, 0.25) is 0 Å². The largest absolute Gasteiger partial charge is 0.416 e. The van der Waals surface area contributed by atoms with E-state index in [0.29, 0.717) is 11.0 Å². The maximum Gasteiger partial charge on any atom is 0.416 e. The molecule has 0 amide bonds. The summed E-state index contributed by atoms with van der Waals surface area (Å²) >= 11 is 0. The van der Waals surface area contributed by atoms with Crippen LogP contribution < -0.4 is 16.6 Å². The van der Waals surface area contributed by atoms with E-state index in [0.717, 1.165) is 17.2 Å². The second-order valence-electron chi connectivity index (χ2n) is 7.56. The first-order chi connectivity index (χ1) is 15.1. The predicted molar refractivity (Wildman–Crippen MR) is 114 cm³/mol. The molecule has 0 saturated carbocycles. The maximum atomic E-state index is 13.2. The molecule has 166 valence electrons. The zero-order valence-electron chi connectivity index (χ0n) is 17.4. The van der Waals surface area contributed by atoms with Crippen molar-refractivity contribution in [3.8, 4) is 11.5 Å². The monoisotopic (exact) mass is 443 g/mol. The third-order valence-electron chi connectivity index (χ3n) is 5.37. The van der Waals surface area contributed by atoms with E-state index in [-0.39, 0.29) is 36.7 Å². The average Bonchev–Trinajstić information content (AvgIpc) is 2.72. The molecule has 0 unspecified atom stereocenters. The Hall–Kier alpha value is -3.53. The summed E-state index contributed by atoms with van der Waals surface area (Å²) in [5.74, 6) is 0.131. The normalized spacial score (nSPS) is 12.0. The van der Waals surface area contributed by atoms with Crippen LogP contribution >= 0.6 is 0 Å². The van der Waals surface area contributed by atoms with E-state index in [1.807, 2.05) is 26.0 Å². The fourth-order valence-corrected chi connectivity index (χ4v) is 3.64. The van der Waals surface area contributed by atoms with Crippen molar-refractivity contribution in [2.45, 2.75) is 33.1 Å². The molecule has 0 fully saturated rings. The average molecular weight is 443 g/mol. The molecule has 2 heterocycles. The molecule has 2 aliphatic heterocycles. The van der Waals surface area contributed by atoms with Gasteiger partial charge in [-0.1, -0.05) is 18.2 Å². The second kappa shape index (κ2) is 8.19. The number of hydrogen-bond donors (Lipinski definition) is 2. The van der Waals surface area contributed by atoms with E-state index in [1.165, 1.54) is 12.1 Å². The Kier molecular flexibility index (Phi) is 5.55. The van der Waals surface area contributed by atoms with E-state index >= 15 is 0 Å². The molecule has 4 rings (SSSR count). The van der Waals surface area contributed by atoms with Gasteiger partial charge in [0.05, 0.1) is 16.6 Å². The minimum Gasteiger partial charge on any atom is -0.321 e. The van der Waals surface area contributed by atoms with Gasteiger partial charge in [0, 0.05) is 19.6 Å². The third kappa shape index (κ3) is 4.13. The van der Waals surface area contributed by atoms with Crippen LogP contribution in [0.15, 0.2) is 46.0 Å². The van der Waals surface area contributed by atoms with Crippen LogP contribution in [0.5, 0.6) is 0 Å². The fraction of sp³-hybridized carbons (Fsp3) is 0.273. The lowest BCUT2D eigenvalue weighted by atomic mass is 10.1. The Morgan fingerprint density at radius 2 is 1.78 bits per heavy atom. The molecule has 0 saturated heterocycles. The Morgan fingerprint density at radius 3 is 2.53 bits per heavy atom. The molecule has 0 aliphatic carbocycles. The van der Waals surface area contributed by atoms with Crippen LogP contribution in [0.25, 0.3) is 22.6 Å². The van der Waals surface area contributed by atoms with Crippen molar-refractivity contribution in [3.63, 3.8) is 0 Å².